The molecule has 5 heteroatoms. The molecular formula is C9H17NO4. The maximum atomic E-state index is 10.8. The van der Waals surface area contributed by atoms with Crippen LogP contribution in [0.5, 0.6) is 0 Å². The quantitative estimate of drug-likeness (QED) is 0.701. The molecule has 1 saturated heterocycles. The van der Waals surface area contributed by atoms with Crippen molar-refractivity contribution in [1.29, 1.82) is 0 Å². The number of hydrogen-bond donors (Lipinski definition) is 2. The standard InChI is InChI=1S/C9H17NO4/c1-6(2)14-8-3-7(5-11)10(4-8)9(12)13/h6-8,11H,3-5H2,1-2H3,(H,12,13)/t7-,8?/m0/s1. The highest BCUT2D eigenvalue weighted by atomic mass is 16.5. The lowest BCUT2D eigenvalue weighted by molar-refractivity contribution is 0.0141. The number of hydrogen-bond acceptors (Lipinski definition) is 3. The summed E-state index contributed by atoms with van der Waals surface area (Å²) in [6.45, 7) is 4.05. The number of aliphatic hydroxyl groups is 1. The molecule has 1 unspecified atom stereocenters. The number of rotatable bonds is 3. The second kappa shape index (κ2) is 4.61. The zero-order valence-corrected chi connectivity index (χ0v) is 8.51. The van der Waals surface area contributed by atoms with Gasteiger partial charge in [0.05, 0.1) is 31.4 Å². The molecule has 2 N–H and O–H groups in total. The molecule has 1 aliphatic rings. The number of aliphatic hydroxyl groups excluding tert-OH is 1. The molecule has 0 aromatic heterocycles. The Kier molecular flexibility index (Phi) is 3.71. The van der Waals surface area contributed by atoms with Crippen LogP contribution in [0.1, 0.15) is 20.3 Å². The third-order valence-corrected chi connectivity index (χ3v) is 2.30. The third kappa shape index (κ3) is 2.59. The van der Waals surface area contributed by atoms with Crippen LogP contribution in [-0.2, 0) is 4.74 Å². The summed E-state index contributed by atoms with van der Waals surface area (Å²) in [5, 5.41) is 17.8. The first-order chi connectivity index (χ1) is 6.54. The second-order valence-electron chi connectivity index (χ2n) is 3.81. The van der Waals surface area contributed by atoms with Crippen molar-refractivity contribution < 1.29 is 19.7 Å². The van der Waals surface area contributed by atoms with Crippen LogP contribution < -0.4 is 0 Å². The van der Waals surface area contributed by atoms with Crippen molar-refractivity contribution in [3.05, 3.63) is 0 Å². The molecule has 2 atom stereocenters. The van der Waals surface area contributed by atoms with Crippen LogP contribution in [-0.4, -0.2) is 52.6 Å². The molecular weight excluding hydrogens is 186 g/mol. The minimum absolute atomic E-state index is 0.0803. The zero-order chi connectivity index (χ0) is 10.7. The van der Waals surface area contributed by atoms with Crippen molar-refractivity contribution in [2.75, 3.05) is 13.2 Å². The molecule has 1 heterocycles. The zero-order valence-electron chi connectivity index (χ0n) is 8.51. The number of amides is 1. The molecule has 1 aliphatic heterocycles. The largest absolute Gasteiger partial charge is 0.465 e. The molecule has 0 spiro atoms. The van der Waals surface area contributed by atoms with Crippen LogP contribution in [0.4, 0.5) is 4.79 Å². The highest BCUT2D eigenvalue weighted by Crippen LogP contribution is 2.21. The van der Waals surface area contributed by atoms with E-state index in [1.54, 1.807) is 0 Å². The Morgan fingerprint density at radius 1 is 1.64 bits per heavy atom. The van der Waals surface area contributed by atoms with Crippen LogP contribution >= 0.6 is 0 Å². The predicted molar refractivity (Wildman–Crippen MR) is 50.2 cm³/mol. The van der Waals surface area contributed by atoms with Crippen molar-refractivity contribution in [3.8, 4) is 0 Å². The van der Waals surface area contributed by atoms with Gasteiger partial charge in [0.2, 0.25) is 0 Å². The Balaban J connectivity index is 2.52. The summed E-state index contributed by atoms with van der Waals surface area (Å²) in [6, 6.07) is -0.309. The summed E-state index contributed by atoms with van der Waals surface area (Å²) in [5.74, 6) is 0. The van der Waals surface area contributed by atoms with Gasteiger partial charge in [-0.05, 0) is 20.3 Å². The first-order valence-corrected chi connectivity index (χ1v) is 4.80. The summed E-state index contributed by atoms with van der Waals surface area (Å²) < 4.78 is 5.51. The average Bonchev–Trinajstić information content (AvgIpc) is 2.46. The van der Waals surface area contributed by atoms with Gasteiger partial charge in [0.15, 0.2) is 0 Å². The van der Waals surface area contributed by atoms with Crippen LogP contribution in [0.25, 0.3) is 0 Å². The highest BCUT2D eigenvalue weighted by Gasteiger charge is 2.35. The van der Waals surface area contributed by atoms with Crippen molar-refractivity contribution in [3.63, 3.8) is 0 Å². The van der Waals surface area contributed by atoms with Crippen LogP contribution in [0.15, 0.2) is 0 Å². The number of carboxylic acid groups (broad SMARTS) is 1. The third-order valence-electron chi connectivity index (χ3n) is 2.30. The molecule has 0 aromatic rings. The van der Waals surface area contributed by atoms with Gasteiger partial charge in [0.1, 0.15) is 0 Å². The summed E-state index contributed by atoms with van der Waals surface area (Å²) in [7, 11) is 0. The smallest absolute Gasteiger partial charge is 0.407 e. The van der Waals surface area contributed by atoms with Crippen molar-refractivity contribution in [1.82, 2.24) is 4.90 Å². The minimum Gasteiger partial charge on any atom is -0.465 e. The van der Waals surface area contributed by atoms with Crippen molar-refractivity contribution >= 4 is 6.09 Å². The fourth-order valence-corrected chi connectivity index (χ4v) is 1.76. The van der Waals surface area contributed by atoms with Crippen molar-refractivity contribution in [2.45, 2.75) is 38.5 Å². The first-order valence-electron chi connectivity index (χ1n) is 4.80. The van der Waals surface area contributed by atoms with Crippen LogP contribution in [0, 0.1) is 0 Å². The number of ether oxygens (including phenoxy) is 1. The lowest BCUT2D eigenvalue weighted by atomic mass is 10.2. The Hall–Kier alpha value is -0.810. The maximum Gasteiger partial charge on any atom is 0.407 e. The molecule has 1 rings (SSSR count). The summed E-state index contributed by atoms with van der Waals surface area (Å²) in [5.41, 5.74) is 0. The van der Waals surface area contributed by atoms with Gasteiger partial charge in [-0.25, -0.2) is 4.79 Å². The van der Waals surface area contributed by atoms with E-state index in [1.807, 2.05) is 13.8 Å². The molecule has 0 saturated carbocycles. The maximum absolute atomic E-state index is 10.8. The Bertz CT molecular complexity index is 207. The molecule has 0 bridgehead atoms. The molecule has 0 radical (unpaired) electrons. The first kappa shape index (κ1) is 11.3. The molecule has 14 heavy (non-hydrogen) atoms. The van der Waals surface area contributed by atoms with Gasteiger partial charge in [-0.1, -0.05) is 0 Å². The van der Waals surface area contributed by atoms with E-state index in [4.69, 9.17) is 14.9 Å². The lowest BCUT2D eigenvalue weighted by Gasteiger charge is -2.18. The minimum atomic E-state index is -0.987. The Morgan fingerprint density at radius 3 is 2.64 bits per heavy atom. The van der Waals surface area contributed by atoms with Crippen LogP contribution in [0.2, 0.25) is 0 Å². The van der Waals surface area contributed by atoms with E-state index >= 15 is 0 Å². The summed E-state index contributed by atoms with van der Waals surface area (Å²) in [6.07, 6.45) is -0.392. The monoisotopic (exact) mass is 203 g/mol. The van der Waals surface area contributed by atoms with Gasteiger partial charge in [0, 0.05) is 0 Å². The molecule has 1 fully saturated rings. The average molecular weight is 203 g/mol. The molecule has 0 aliphatic carbocycles. The summed E-state index contributed by atoms with van der Waals surface area (Å²) in [4.78, 5) is 12.0. The van der Waals surface area contributed by atoms with E-state index in [0.717, 1.165) is 0 Å². The van der Waals surface area contributed by atoms with E-state index in [0.29, 0.717) is 13.0 Å². The number of likely N-dealkylation sites (tertiary alicyclic amines) is 1. The normalized spacial score (nSPS) is 27.3. The fraction of sp³-hybridized carbons (Fsp3) is 0.889. The van der Waals surface area contributed by atoms with E-state index in [9.17, 15) is 4.79 Å². The SMILES string of the molecule is CC(C)OC1C[C@@H](CO)N(C(=O)O)C1. The van der Waals surface area contributed by atoms with Gasteiger partial charge in [-0.3, -0.25) is 0 Å². The molecule has 1 amide bonds. The van der Waals surface area contributed by atoms with Gasteiger partial charge >= 0.3 is 6.09 Å². The van der Waals surface area contributed by atoms with Crippen molar-refractivity contribution in [2.24, 2.45) is 0 Å². The molecule has 0 aromatic carbocycles. The van der Waals surface area contributed by atoms with E-state index in [-0.39, 0.29) is 24.9 Å². The molecule has 5 nitrogen and oxygen atoms in total. The summed E-state index contributed by atoms with van der Waals surface area (Å²) >= 11 is 0. The second-order valence-corrected chi connectivity index (χ2v) is 3.81. The van der Waals surface area contributed by atoms with E-state index in [2.05, 4.69) is 0 Å². The van der Waals surface area contributed by atoms with Gasteiger partial charge in [-0.2, -0.15) is 0 Å². The Morgan fingerprint density at radius 2 is 2.29 bits per heavy atom. The van der Waals surface area contributed by atoms with E-state index in [1.165, 1.54) is 4.90 Å². The topological polar surface area (TPSA) is 70.0 Å². The van der Waals surface area contributed by atoms with Gasteiger partial charge in [0.25, 0.3) is 0 Å². The highest BCUT2D eigenvalue weighted by molar-refractivity contribution is 5.66. The van der Waals surface area contributed by atoms with Gasteiger partial charge < -0.3 is 19.8 Å². The number of nitrogens with zero attached hydrogens (tertiary/aromatic N) is 1. The van der Waals surface area contributed by atoms with Crippen LogP contribution in [0.3, 0.4) is 0 Å². The fourth-order valence-electron chi connectivity index (χ4n) is 1.76. The Labute approximate surface area is 83.3 Å². The van der Waals surface area contributed by atoms with Gasteiger partial charge in [-0.15, -0.1) is 0 Å². The predicted octanol–water partition coefficient (Wildman–Crippen LogP) is 0.525. The van der Waals surface area contributed by atoms with E-state index < -0.39 is 6.09 Å². The number of carbonyl (C=O) groups is 1. The molecule has 82 valence electrons. The lowest BCUT2D eigenvalue weighted by Crippen LogP contribution is -2.36.